The van der Waals surface area contributed by atoms with E-state index in [1.165, 1.54) is 6.07 Å². The van der Waals surface area contributed by atoms with E-state index < -0.39 is 5.97 Å². The number of hydrogen-bond donors (Lipinski definition) is 1. The smallest absolute Gasteiger partial charge is 0.303 e. The topological polar surface area (TPSA) is 37.3 Å². The van der Waals surface area contributed by atoms with Crippen LogP contribution in [0.4, 0.5) is 4.39 Å². The van der Waals surface area contributed by atoms with Gasteiger partial charge in [-0.25, -0.2) is 4.39 Å². The van der Waals surface area contributed by atoms with Gasteiger partial charge in [-0.2, -0.15) is 0 Å². The molecule has 1 rings (SSSR count). The molecular formula is C13H17FO2. The van der Waals surface area contributed by atoms with Crippen molar-refractivity contribution in [2.75, 3.05) is 0 Å². The molecule has 1 aromatic rings. The molecule has 0 aliphatic carbocycles. The van der Waals surface area contributed by atoms with E-state index in [2.05, 4.69) is 0 Å². The SMILES string of the molecule is Cc1cc(C(C)(C)CCC(=O)O)ccc1F. The first-order valence-corrected chi connectivity index (χ1v) is 5.31. The molecule has 0 fully saturated rings. The van der Waals surface area contributed by atoms with Crippen molar-refractivity contribution in [2.24, 2.45) is 0 Å². The zero-order chi connectivity index (χ0) is 12.3. The van der Waals surface area contributed by atoms with Crippen LogP contribution in [0.3, 0.4) is 0 Å². The summed E-state index contributed by atoms with van der Waals surface area (Å²) in [6.07, 6.45) is 0.677. The van der Waals surface area contributed by atoms with Gasteiger partial charge in [0.25, 0.3) is 0 Å². The number of carboxylic acids is 1. The Balaban J connectivity index is 2.88. The van der Waals surface area contributed by atoms with Crippen LogP contribution < -0.4 is 0 Å². The van der Waals surface area contributed by atoms with Crippen LogP contribution in [-0.2, 0) is 10.2 Å². The van der Waals surface area contributed by atoms with Gasteiger partial charge in [-0.05, 0) is 36.0 Å². The van der Waals surface area contributed by atoms with Crippen LogP contribution in [0.5, 0.6) is 0 Å². The van der Waals surface area contributed by atoms with Gasteiger partial charge in [-0.3, -0.25) is 4.79 Å². The fourth-order valence-electron chi connectivity index (χ4n) is 1.63. The highest BCUT2D eigenvalue weighted by Gasteiger charge is 2.22. The lowest BCUT2D eigenvalue weighted by Gasteiger charge is -2.25. The first-order valence-electron chi connectivity index (χ1n) is 5.31. The molecular weight excluding hydrogens is 207 g/mol. The van der Waals surface area contributed by atoms with E-state index in [1.54, 1.807) is 19.1 Å². The molecule has 1 N–H and O–H groups in total. The molecule has 3 heteroatoms. The summed E-state index contributed by atoms with van der Waals surface area (Å²) in [5, 5.41) is 8.66. The summed E-state index contributed by atoms with van der Waals surface area (Å²) in [6, 6.07) is 4.95. The Labute approximate surface area is 95.1 Å². The Morgan fingerprint density at radius 1 is 1.44 bits per heavy atom. The van der Waals surface area contributed by atoms with Gasteiger partial charge in [-0.15, -0.1) is 0 Å². The first kappa shape index (κ1) is 12.7. The van der Waals surface area contributed by atoms with Crippen molar-refractivity contribution < 1.29 is 14.3 Å². The number of carbonyl (C=O) groups is 1. The lowest BCUT2D eigenvalue weighted by molar-refractivity contribution is -0.137. The Morgan fingerprint density at radius 3 is 2.56 bits per heavy atom. The van der Waals surface area contributed by atoms with Gasteiger partial charge in [0.1, 0.15) is 5.82 Å². The summed E-state index contributed by atoms with van der Waals surface area (Å²) >= 11 is 0. The zero-order valence-corrected chi connectivity index (χ0v) is 9.88. The Hall–Kier alpha value is -1.38. The highest BCUT2D eigenvalue weighted by molar-refractivity contribution is 5.66. The molecule has 2 nitrogen and oxygen atoms in total. The highest BCUT2D eigenvalue weighted by Crippen LogP contribution is 2.29. The van der Waals surface area contributed by atoms with Crippen molar-refractivity contribution in [1.29, 1.82) is 0 Å². The zero-order valence-electron chi connectivity index (χ0n) is 9.88. The molecule has 0 unspecified atom stereocenters. The Bertz CT molecular complexity index is 397. The van der Waals surface area contributed by atoms with Crippen LogP contribution in [0.25, 0.3) is 0 Å². The second-order valence-corrected chi connectivity index (χ2v) is 4.74. The van der Waals surface area contributed by atoms with Crippen molar-refractivity contribution in [3.63, 3.8) is 0 Å². The van der Waals surface area contributed by atoms with Crippen LogP contribution in [0.2, 0.25) is 0 Å². The molecule has 0 saturated heterocycles. The molecule has 0 heterocycles. The molecule has 0 saturated carbocycles. The summed E-state index contributed by atoms with van der Waals surface area (Å²) in [5.41, 5.74) is 1.34. The summed E-state index contributed by atoms with van der Waals surface area (Å²) in [6.45, 7) is 5.66. The van der Waals surface area contributed by atoms with E-state index in [9.17, 15) is 9.18 Å². The van der Waals surface area contributed by atoms with Gasteiger partial charge >= 0.3 is 5.97 Å². The van der Waals surface area contributed by atoms with Crippen LogP contribution in [0.15, 0.2) is 18.2 Å². The van der Waals surface area contributed by atoms with E-state index in [4.69, 9.17) is 5.11 Å². The second-order valence-electron chi connectivity index (χ2n) is 4.74. The first-order chi connectivity index (χ1) is 7.33. The van der Waals surface area contributed by atoms with Crippen molar-refractivity contribution in [3.05, 3.63) is 35.1 Å². The molecule has 1 aromatic carbocycles. The fourth-order valence-corrected chi connectivity index (χ4v) is 1.63. The van der Waals surface area contributed by atoms with E-state index in [0.29, 0.717) is 12.0 Å². The average molecular weight is 224 g/mol. The number of benzene rings is 1. The molecule has 0 amide bonds. The Kier molecular flexibility index (Phi) is 3.68. The monoisotopic (exact) mass is 224 g/mol. The van der Waals surface area contributed by atoms with Crippen LogP contribution in [0, 0.1) is 12.7 Å². The number of hydrogen-bond acceptors (Lipinski definition) is 1. The quantitative estimate of drug-likeness (QED) is 0.852. The molecule has 0 atom stereocenters. The van der Waals surface area contributed by atoms with Crippen molar-refractivity contribution >= 4 is 5.97 Å². The molecule has 0 bridgehead atoms. The molecule has 0 spiro atoms. The number of halogens is 1. The van der Waals surface area contributed by atoms with Crippen LogP contribution >= 0.6 is 0 Å². The minimum Gasteiger partial charge on any atom is -0.481 e. The lowest BCUT2D eigenvalue weighted by atomic mass is 9.80. The van der Waals surface area contributed by atoms with E-state index in [1.807, 2.05) is 13.8 Å². The molecule has 0 aliphatic heterocycles. The van der Waals surface area contributed by atoms with Gasteiger partial charge in [0.15, 0.2) is 0 Å². The minimum absolute atomic E-state index is 0.128. The largest absolute Gasteiger partial charge is 0.481 e. The third-order valence-electron chi connectivity index (χ3n) is 2.90. The normalized spacial score (nSPS) is 11.5. The predicted molar refractivity (Wildman–Crippen MR) is 61.0 cm³/mol. The molecule has 0 aliphatic rings. The third kappa shape index (κ3) is 3.05. The molecule has 0 radical (unpaired) electrons. The van der Waals surface area contributed by atoms with E-state index in [0.717, 1.165) is 5.56 Å². The van der Waals surface area contributed by atoms with Gasteiger partial charge in [-0.1, -0.05) is 26.0 Å². The average Bonchev–Trinajstić information content (AvgIpc) is 2.19. The predicted octanol–water partition coefficient (Wildman–Crippen LogP) is 3.28. The summed E-state index contributed by atoms with van der Waals surface area (Å²) < 4.78 is 13.1. The Morgan fingerprint density at radius 2 is 2.06 bits per heavy atom. The van der Waals surface area contributed by atoms with Gasteiger partial charge in [0.2, 0.25) is 0 Å². The van der Waals surface area contributed by atoms with Crippen LogP contribution in [-0.4, -0.2) is 11.1 Å². The summed E-state index contributed by atoms with van der Waals surface area (Å²) in [7, 11) is 0. The summed E-state index contributed by atoms with van der Waals surface area (Å²) in [5.74, 6) is -1.02. The molecule has 88 valence electrons. The highest BCUT2D eigenvalue weighted by atomic mass is 19.1. The van der Waals surface area contributed by atoms with Crippen molar-refractivity contribution in [2.45, 2.75) is 39.0 Å². The van der Waals surface area contributed by atoms with Crippen molar-refractivity contribution in [1.82, 2.24) is 0 Å². The van der Waals surface area contributed by atoms with E-state index >= 15 is 0 Å². The standard InChI is InChI=1S/C13H17FO2/c1-9-8-10(4-5-11(9)14)13(2,3)7-6-12(15)16/h4-5,8H,6-7H2,1-3H3,(H,15,16). The molecule has 16 heavy (non-hydrogen) atoms. The lowest BCUT2D eigenvalue weighted by Crippen LogP contribution is -2.19. The maximum absolute atomic E-state index is 13.1. The molecule has 0 aromatic heterocycles. The van der Waals surface area contributed by atoms with Crippen LogP contribution in [0.1, 0.15) is 37.8 Å². The van der Waals surface area contributed by atoms with Gasteiger partial charge < -0.3 is 5.11 Å². The van der Waals surface area contributed by atoms with Crippen molar-refractivity contribution in [3.8, 4) is 0 Å². The number of carboxylic acid groups (broad SMARTS) is 1. The second kappa shape index (κ2) is 4.64. The van der Waals surface area contributed by atoms with Gasteiger partial charge in [0.05, 0.1) is 0 Å². The van der Waals surface area contributed by atoms with E-state index in [-0.39, 0.29) is 17.7 Å². The third-order valence-corrected chi connectivity index (χ3v) is 2.90. The maximum Gasteiger partial charge on any atom is 0.303 e. The van der Waals surface area contributed by atoms with Gasteiger partial charge in [0, 0.05) is 6.42 Å². The minimum atomic E-state index is -0.799. The summed E-state index contributed by atoms with van der Waals surface area (Å²) in [4.78, 5) is 10.5. The fraction of sp³-hybridized carbons (Fsp3) is 0.462. The maximum atomic E-state index is 13.1. The number of aryl methyl sites for hydroxylation is 1. The number of rotatable bonds is 4. The number of aliphatic carboxylic acids is 1.